The molecule has 16 heavy (non-hydrogen) atoms. The molecule has 0 aliphatic heterocycles. The molecule has 0 amide bonds. The summed E-state index contributed by atoms with van der Waals surface area (Å²) in [6.45, 7) is 2.26. The van der Waals surface area contributed by atoms with Crippen molar-refractivity contribution in [2.75, 3.05) is 0 Å². The first-order chi connectivity index (χ1) is 7.79. The molecule has 0 spiro atoms. The van der Waals surface area contributed by atoms with Crippen molar-refractivity contribution in [2.45, 2.75) is 38.0 Å². The highest BCUT2D eigenvalue weighted by Crippen LogP contribution is 2.53. The van der Waals surface area contributed by atoms with E-state index in [-0.39, 0.29) is 5.41 Å². The second-order valence-corrected chi connectivity index (χ2v) is 5.37. The van der Waals surface area contributed by atoms with Gasteiger partial charge in [0.05, 0.1) is 11.5 Å². The molecule has 3 atom stereocenters. The van der Waals surface area contributed by atoms with E-state index in [1.807, 2.05) is 0 Å². The maximum atomic E-state index is 9.72. The van der Waals surface area contributed by atoms with Crippen LogP contribution in [0.2, 0.25) is 0 Å². The highest BCUT2D eigenvalue weighted by molar-refractivity contribution is 5.47. The summed E-state index contributed by atoms with van der Waals surface area (Å²) in [4.78, 5) is 0. The van der Waals surface area contributed by atoms with E-state index in [9.17, 15) is 5.26 Å². The summed E-state index contributed by atoms with van der Waals surface area (Å²) in [5.41, 5.74) is 2.58. The SMILES string of the molecule is C[C@H]1CCC[C@@H]2Cc3ccccc3[C@@]21C#N. The lowest BCUT2D eigenvalue weighted by Gasteiger charge is -2.39. The minimum Gasteiger partial charge on any atom is -0.197 e. The summed E-state index contributed by atoms with van der Waals surface area (Å²) in [5, 5.41) is 9.72. The van der Waals surface area contributed by atoms with Crippen LogP contribution < -0.4 is 0 Å². The van der Waals surface area contributed by atoms with Gasteiger partial charge in [-0.2, -0.15) is 5.26 Å². The third-order valence-corrected chi connectivity index (χ3v) is 4.73. The highest BCUT2D eigenvalue weighted by atomic mass is 14.5. The number of benzene rings is 1. The second kappa shape index (κ2) is 3.35. The summed E-state index contributed by atoms with van der Waals surface area (Å²) < 4.78 is 0. The second-order valence-electron chi connectivity index (χ2n) is 5.37. The largest absolute Gasteiger partial charge is 0.197 e. The maximum absolute atomic E-state index is 9.72. The van der Waals surface area contributed by atoms with Gasteiger partial charge in [-0.15, -0.1) is 0 Å². The van der Waals surface area contributed by atoms with Crippen LogP contribution in [0.25, 0.3) is 0 Å². The van der Waals surface area contributed by atoms with E-state index in [0.717, 1.165) is 6.42 Å². The molecular weight excluding hydrogens is 194 g/mol. The van der Waals surface area contributed by atoms with E-state index < -0.39 is 0 Å². The Morgan fingerprint density at radius 2 is 2.12 bits per heavy atom. The Morgan fingerprint density at radius 3 is 2.94 bits per heavy atom. The van der Waals surface area contributed by atoms with Gasteiger partial charge in [-0.1, -0.05) is 37.6 Å². The molecule has 0 unspecified atom stereocenters. The van der Waals surface area contributed by atoms with Crippen LogP contribution in [-0.4, -0.2) is 0 Å². The first-order valence-electron chi connectivity index (χ1n) is 6.28. The Labute approximate surface area is 97.1 Å². The summed E-state index contributed by atoms with van der Waals surface area (Å²) in [6, 6.07) is 11.3. The van der Waals surface area contributed by atoms with Gasteiger partial charge in [-0.05, 0) is 42.2 Å². The van der Waals surface area contributed by atoms with Crippen LogP contribution in [0.5, 0.6) is 0 Å². The van der Waals surface area contributed by atoms with E-state index in [0.29, 0.717) is 11.8 Å². The zero-order chi connectivity index (χ0) is 11.2. The molecule has 0 bridgehead atoms. The Hall–Kier alpha value is -1.29. The molecule has 1 heteroatoms. The predicted molar refractivity (Wildman–Crippen MR) is 63.9 cm³/mol. The van der Waals surface area contributed by atoms with Crippen LogP contribution in [-0.2, 0) is 11.8 Å². The Morgan fingerprint density at radius 1 is 1.31 bits per heavy atom. The molecule has 1 fully saturated rings. The van der Waals surface area contributed by atoms with Crippen molar-refractivity contribution in [1.29, 1.82) is 5.26 Å². The zero-order valence-corrected chi connectivity index (χ0v) is 9.74. The van der Waals surface area contributed by atoms with Crippen molar-refractivity contribution in [3.8, 4) is 6.07 Å². The molecule has 1 saturated carbocycles. The van der Waals surface area contributed by atoms with Crippen LogP contribution in [0, 0.1) is 23.2 Å². The van der Waals surface area contributed by atoms with Crippen molar-refractivity contribution in [2.24, 2.45) is 11.8 Å². The van der Waals surface area contributed by atoms with Gasteiger partial charge in [0.15, 0.2) is 0 Å². The van der Waals surface area contributed by atoms with Gasteiger partial charge < -0.3 is 0 Å². The van der Waals surface area contributed by atoms with E-state index in [4.69, 9.17) is 0 Å². The average Bonchev–Trinajstić information content (AvgIpc) is 2.65. The van der Waals surface area contributed by atoms with Crippen molar-refractivity contribution in [3.63, 3.8) is 0 Å². The molecular formula is C15H17N. The van der Waals surface area contributed by atoms with Gasteiger partial charge in [0.1, 0.15) is 0 Å². The molecule has 2 aliphatic rings. The van der Waals surface area contributed by atoms with Crippen LogP contribution >= 0.6 is 0 Å². The van der Waals surface area contributed by atoms with Crippen molar-refractivity contribution >= 4 is 0 Å². The number of hydrogen-bond donors (Lipinski definition) is 0. The highest BCUT2D eigenvalue weighted by Gasteiger charge is 2.52. The first kappa shape index (κ1) is 9.90. The lowest BCUT2D eigenvalue weighted by molar-refractivity contribution is 0.187. The topological polar surface area (TPSA) is 23.8 Å². The quantitative estimate of drug-likeness (QED) is 0.645. The molecule has 2 aliphatic carbocycles. The maximum Gasteiger partial charge on any atom is 0.0881 e. The standard InChI is InChI=1S/C15H17N/c1-11-5-4-7-13-9-12-6-2-3-8-14(12)15(11,13)10-16/h2-3,6,8,11,13H,4-5,7,9H2,1H3/t11-,13+,15+/m0/s1. The number of rotatable bonds is 0. The molecule has 0 saturated heterocycles. The third-order valence-electron chi connectivity index (χ3n) is 4.73. The van der Waals surface area contributed by atoms with Gasteiger partial charge in [0.2, 0.25) is 0 Å². The lowest BCUT2D eigenvalue weighted by atomic mass is 9.61. The van der Waals surface area contributed by atoms with E-state index in [1.165, 1.54) is 30.4 Å². The average molecular weight is 211 g/mol. The summed E-state index contributed by atoms with van der Waals surface area (Å²) in [5.74, 6) is 1.08. The van der Waals surface area contributed by atoms with Crippen LogP contribution in [0.15, 0.2) is 24.3 Å². The molecule has 1 aromatic rings. The molecule has 0 aromatic heterocycles. The summed E-state index contributed by atoms with van der Waals surface area (Å²) in [6.07, 6.45) is 4.85. The number of fused-ring (bicyclic) bond motifs is 3. The molecule has 3 rings (SSSR count). The number of hydrogen-bond acceptors (Lipinski definition) is 1. The zero-order valence-electron chi connectivity index (χ0n) is 9.74. The van der Waals surface area contributed by atoms with Crippen molar-refractivity contribution in [1.82, 2.24) is 0 Å². The summed E-state index contributed by atoms with van der Waals surface area (Å²) in [7, 11) is 0. The summed E-state index contributed by atoms with van der Waals surface area (Å²) >= 11 is 0. The van der Waals surface area contributed by atoms with Gasteiger partial charge in [-0.25, -0.2) is 0 Å². The van der Waals surface area contributed by atoms with Gasteiger partial charge in [0, 0.05) is 0 Å². The molecule has 0 heterocycles. The minimum atomic E-state index is -0.172. The number of nitriles is 1. The fraction of sp³-hybridized carbons (Fsp3) is 0.533. The fourth-order valence-corrected chi connectivity index (χ4v) is 3.91. The van der Waals surface area contributed by atoms with Gasteiger partial charge in [0.25, 0.3) is 0 Å². The third kappa shape index (κ3) is 1.05. The normalized spacial score (nSPS) is 36.2. The Balaban J connectivity index is 2.20. The van der Waals surface area contributed by atoms with Crippen LogP contribution in [0.3, 0.4) is 0 Å². The minimum absolute atomic E-state index is 0.172. The fourth-order valence-electron chi connectivity index (χ4n) is 3.91. The molecule has 0 radical (unpaired) electrons. The lowest BCUT2D eigenvalue weighted by Crippen LogP contribution is -2.40. The van der Waals surface area contributed by atoms with Crippen molar-refractivity contribution in [3.05, 3.63) is 35.4 Å². The smallest absolute Gasteiger partial charge is 0.0881 e. The van der Waals surface area contributed by atoms with Crippen LogP contribution in [0.1, 0.15) is 37.3 Å². The Bertz CT molecular complexity index is 457. The predicted octanol–water partition coefficient (Wildman–Crippen LogP) is 3.44. The van der Waals surface area contributed by atoms with E-state index >= 15 is 0 Å². The molecule has 0 N–H and O–H groups in total. The van der Waals surface area contributed by atoms with E-state index in [1.54, 1.807) is 0 Å². The molecule has 1 nitrogen and oxygen atoms in total. The van der Waals surface area contributed by atoms with E-state index in [2.05, 4.69) is 37.3 Å². The monoisotopic (exact) mass is 211 g/mol. The van der Waals surface area contributed by atoms with Gasteiger partial charge in [-0.3, -0.25) is 0 Å². The van der Waals surface area contributed by atoms with Gasteiger partial charge >= 0.3 is 0 Å². The number of nitrogens with zero attached hydrogens (tertiary/aromatic N) is 1. The first-order valence-corrected chi connectivity index (χ1v) is 6.28. The Kier molecular flexibility index (Phi) is 2.07. The van der Waals surface area contributed by atoms with Crippen molar-refractivity contribution < 1.29 is 0 Å². The molecule has 1 aromatic carbocycles. The van der Waals surface area contributed by atoms with Crippen LogP contribution in [0.4, 0.5) is 0 Å². The molecule has 82 valence electrons.